The number of nitrogens with one attached hydrogen (secondary N) is 1. The first-order valence-corrected chi connectivity index (χ1v) is 17.1. The van der Waals surface area contributed by atoms with Crippen molar-refractivity contribution in [3.05, 3.63) is 53.1 Å². The van der Waals surface area contributed by atoms with E-state index in [1.165, 1.54) is 18.1 Å². The maximum atomic E-state index is 14.0. The van der Waals surface area contributed by atoms with Gasteiger partial charge in [-0.25, -0.2) is 4.79 Å². The van der Waals surface area contributed by atoms with Crippen molar-refractivity contribution in [2.24, 2.45) is 44.3 Å². The minimum Gasteiger partial charge on any atom is -0.478 e. The van der Waals surface area contributed by atoms with Crippen LogP contribution in [0, 0.1) is 44.3 Å². The molecule has 8 atom stereocenters. The monoisotopic (exact) mass is 615 g/mol. The average molecular weight is 616 g/mol. The summed E-state index contributed by atoms with van der Waals surface area (Å²) < 4.78 is 5.91. The molecule has 5 aliphatic carbocycles. The van der Waals surface area contributed by atoms with Crippen LogP contribution in [0.5, 0.6) is 0 Å². The second-order valence-corrected chi connectivity index (χ2v) is 17.1. The number of carboxylic acid groups (broad SMARTS) is 1. The molecule has 1 aromatic rings. The first-order chi connectivity index (χ1) is 20.9. The number of carbonyl (C=O) groups is 3. The number of para-hydroxylation sites is 1. The number of carbonyl (C=O) groups excluding carboxylic acids is 2. The average Bonchev–Trinajstić information content (AvgIpc) is 2.96. The lowest BCUT2D eigenvalue weighted by molar-refractivity contribution is -0.197. The van der Waals surface area contributed by atoms with Gasteiger partial charge in [0.05, 0.1) is 16.7 Å². The Bertz CT molecular complexity index is 1510. The molecule has 0 saturated heterocycles. The molecule has 0 heterocycles. The zero-order valence-electron chi connectivity index (χ0n) is 28.6. The molecule has 1 aromatic carbocycles. The van der Waals surface area contributed by atoms with Gasteiger partial charge in [0.1, 0.15) is 6.10 Å². The summed E-state index contributed by atoms with van der Waals surface area (Å²) in [5.41, 5.74) is 2.91. The van der Waals surface area contributed by atoms with Crippen LogP contribution in [-0.4, -0.2) is 29.1 Å². The van der Waals surface area contributed by atoms with Crippen molar-refractivity contribution >= 4 is 23.5 Å². The number of fused-ring (bicyclic) bond motifs is 6. The second kappa shape index (κ2) is 10.3. The number of carboxylic acids is 1. The second-order valence-electron chi connectivity index (χ2n) is 17.1. The predicted molar refractivity (Wildman–Crippen MR) is 177 cm³/mol. The predicted octanol–water partition coefficient (Wildman–Crippen LogP) is 8.98. The van der Waals surface area contributed by atoms with Gasteiger partial charge in [0, 0.05) is 12.3 Å². The summed E-state index contributed by atoms with van der Waals surface area (Å²) >= 11 is 0. The molecule has 6 heteroatoms. The molecule has 244 valence electrons. The molecule has 0 radical (unpaired) electrons. The molecule has 0 spiro atoms. The Hall–Kier alpha value is -2.89. The largest absolute Gasteiger partial charge is 0.478 e. The molecule has 0 bridgehead atoms. The lowest BCUT2D eigenvalue weighted by atomic mass is 9.35. The van der Waals surface area contributed by atoms with E-state index in [9.17, 15) is 19.5 Å². The summed E-state index contributed by atoms with van der Waals surface area (Å²) in [7, 11) is 0. The van der Waals surface area contributed by atoms with Crippen LogP contribution in [-0.2, 0) is 14.3 Å². The molecule has 6 nitrogen and oxygen atoms in total. The molecule has 1 amide bonds. The first-order valence-electron chi connectivity index (χ1n) is 17.1. The van der Waals surface area contributed by atoms with E-state index in [0.717, 1.165) is 51.4 Å². The van der Waals surface area contributed by atoms with Crippen LogP contribution in [0.4, 0.5) is 5.69 Å². The highest BCUT2D eigenvalue weighted by Crippen LogP contribution is 2.74. The number of hydrogen-bond donors (Lipinski definition) is 2. The fourth-order valence-corrected chi connectivity index (χ4v) is 11.3. The molecule has 2 N–H and O–H groups in total. The maximum Gasteiger partial charge on any atom is 0.337 e. The third-order valence-corrected chi connectivity index (χ3v) is 14.4. The fourth-order valence-electron chi connectivity index (χ4n) is 11.3. The first kappa shape index (κ1) is 32.1. The lowest BCUT2D eigenvalue weighted by Crippen LogP contribution is -2.63. The Kier molecular flexibility index (Phi) is 7.34. The molecular formula is C39H53NO5. The Morgan fingerprint density at radius 1 is 0.889 bits per heavy atom. The molecule has 0 aromatic heterocycles. The van der Waals surface area contributed by atoms with Crippen LogP contribution in [0.1, 0.15) is 124 Å². The van der Waals surface area contributed by atoms with Gasteiger partial charge in [0.2, 0.25) is 5.91 Å². The van der Waals surface area contributed by atoms with E-state index in [4.69, 9.17) is 4.74 Å². The van der Waals surface area contributed by atoms with E-state index in [-0.39, 0.29) is 50.6 Å². The molecule has 3 saturated carbocycles. The quantitative estimate of drug-likeness (QED) is 0.330. The standard InChI is InChI=1S/C39H53NO5/c1-24(41)45-31-16-17-37(6)29(34(31,2)3)15-18-39(8)30(37)14-13-26-27-23-36(5,20-19-35(27,4)21-22-38(26,39)7)33(44)40-28-12-10-9-11-25(28)32(42)43/h9-14,29-31H,15-23H2,1-8H3,(H,40,44)(H,42,43)/t29?,30?,31?,35?,36-,37?,38+,39?/m0/s1. The molecule has 6 rings (SSSR count). The molecular weight excluding hydrogens is 562 g/mol. The van der Waals surface area contributed by atoms with Gasteiger partial charge < -0.3 is 15.2 Å². The van der Waals surface area contributed by atoms with Crippen LogP contribution in [0.15, 0.2) is 47.6 Å². The van der Waals surface area contributed by atoms with Crippen LogP contribution in [0.3, 0.4) is 0 Å². The third-order valence-electron chi connectivity index (χ3n) is 14.4. The van der Waals surface area contributed by atoms with Crippen molar-refractivity contribution in [3.8, 4) is 0 Å². The van der Waals surface area contributed by atoms with Crippen LogP contribution in [0.25, 0.3) is 0 Å². The fraction of sp³-hybridized carbons (Fsp3) is 0.667. The minimum absolute atomic E-state index is 0.00323. The van der Waals surface area contributed by atoms with E-state index in [0.29, 0.717) is 23.9 Å². The Labute approximate surface area is 269 Å². The summed E-state index contributed by atoms with van der Waals surface area (Å²) in [6.07, 6.45) is 13.9. The van der Waals surface area contributed by atoms with Crippen LogP contribution < -0.4 is 5.32 Å². The highest BCUT2D eigenvalue weighted by atomic mass is 16.5. The van der Waals surface area contributed by atoms with E-state index in [1.807, 2.05) is 0 Å². The number of hydrogen-bond acceptors (Lipinski definition) is 4. The highest BCUT2D eigenvalue weighted by molar-refractivity contribution is 6.02. The molecule has 0 aliphatic heterocycles. The zero-order chi connectivity index (χ0) is 32.8. The van der Waals surface area contributed by atoms with Gasteiger partial charge in [0.25, 0.3) is 0 Å². The SMILES string of the molecule is CC(=O)OC1CCC2(C)C(CCC3(C)C2C=CC2=C4C[C@@](C)(C(=O)Nc5ccccc5C(=O)O)CCC4(C)CC[C@]23C)C1(C)C. The third kappa shape index (κ3) is 4.58. The summed E-state index contributed by atoms with van der Waals surface area (Å²) in [4.78, 5) is 37.8. The van der Waals surface area contributed by atoms with Gasteiger partial charge in [0.15, 0.2) is 0 Å². The molecule has 3 fully saturated rings. The number of anilines is 1. The Morgan fingerprint density at radius 3 is 2.27 bits per heavy atom. The van der Waals surface area contributed by atoms with Gasteiger partial charge in [-0.3, -0.25) is 9.59 Å². The number of rotatable bonds is 4. The Balaban J connectivity index is 1.36. The van der Waals surface area contributed by atoms with E-state index >= 15 is 0 Å². The molecule has 45 heavy (non-hydrogen) atoms. The van der Waals surface area contributed by atoms with E-state index < -0.39 is 11.4 Å². The smallest absolute Gasteiger partial charge is 0.337 e. The number of benzene rings is 1. The molecule has 6 unspecified atom stereocenters. The number of esters is 1. The maximum absolute atomic E-state index is 14.0. The number of aromatic carboxylic acids is 1. The van der Waals surface area contributed by atoms with E-state index in [2.05, 4.69) is 65.9 Å². The van der Waals surface area contributed by atoms with Crippen molar-refractivity contribution < 1.29 is 24.2 Å². The minimum atomic E-state index is -1.04. The zero-order valence-corrected chi connectivity index (χ0v) is 28.6. The Morgan fingerprint density at radius 2 is 1.58 bits per heavy atom. The van der Waals surface area contributed by atoms with Gasteiger partial charge in [-0.2, -0.15) is 0 Å². The number of amides is 1. The lowest BCUT2D eigenvalue weighted by Gasteiger charge is -2.69. The van der Waals surface area contributed by atoms with Gasteiger partial charge in [-0.1, -0.05) is 78.3 Å². The van der Waals surface area contributed by atoms with Crippen LogP contribution in [0.2, 0.25) is 0 Å². The van der Waals surface area contributed by atoms with E-state index in [1.54, 1.807) is 24.3 Å². The van der Waals surface area contributed by atoms with Gasteiger partial charge in [-0.05, 0) is 109 Å². The summed E-state index contributed by atoms with van der Waals surface area (Å²) in [5, 5.41) is 12.7. The topological polar surface area (TPSA) is 92.7 Å². The number of allylic oxidation sites excluding steroid dienone is 4. The normalized spacial score (nSPS) is 41.6. The van der Waals surface area contributed by atoms with Crippen molar-refractivity contribution in [1.29, 1.82) is 0 Å². The number of ether oxygens (including phenoxy) is 1. The summed E-state index contributed by atoms with van der Waals surface area (Å²) in [6.45, 7) is 18.2. The van der Waals surface area contributed by atoms with Gasteiger partial charge >= 0.3 is 11.9 Å². The summed E-state index contributed by atoms with van der Waals surface area (Å²) in [6, 6.07) is 6.67. The molecule has 5 aliphatic rings. The van der Waals surface area contributed by atoms with Gasteiger partial charge in [-0.15, -0.1) is 0 Å². The van der Waals surface area contributed by atoms with Crippen molar-refractivity contribution in [2.45, 2.75) is 119 Å². The van der Waals surface area contributed by atoms with Crippen LogP contribution >= 0.6 is 0 Å². The van der Waals surface area contributed by atoms with Crippen molar-refractivity contribution in [1.82, 2.24) is 0 Å². The summed E-state index contributed by atoms with van der Waals surface area (Å²) in [5.74, 6) is -0.425. The van der Waals surface area contributed by atoms with Crippen molar-refractivity contribution in [3.63, 3.8) is 0 Å². The highest BCUT2D eigenvalue weighted by Gasteiger charge is 2.67. The van der Waals surface area contributed by atoms with Crippen molar-refractivity contribution in [2.75, 3.05) is 5.32 Å².